The van der Waals surface area contributed by atoms with Gasteiger partial charge >= 0.3 is 6.18 Å². The topological polar surface area (TPSA) is 131 Å². The molecular formula is C18H14F3N5O2. The molecule has 28 heavy (non-hydrogen) atoms. The van der Waals surface area contributed by atoms with Gasteiger partial charge in [-0.2, -0.15) is 18.4 Å². The van der Waals surface area contributed by atoms with Crippen molar-refractivity contribution in [2.24, 2.45) is 5.73 Å². The van der Waals surface area contributed by atoms with Crippen molar-refractivity contribution in [3.63, 3.8) is 0 Å². The number of amides is 1. The van der Waals surface area contributed by atoms with Crippen LogP contribution in [0.4, 0.5) is 19.0 Å². The predicted octanol–water partition coefficient (Wildman–Crippen LogP) is 2.92. The van der Waals surface area contributed by atoms with Crippen molar-refractivity contribution in [3.8, 4) is 17.5 Å². The molecule has 10 heteroatoms. The predicted molar refractivity (Wildman–Crippen MR) is 94.9 cm³/mol. The van der Waals surface area contributed by atoms with Gasteiger partial charge in [0.25, 0.3) is 5.91 Å². The Labute approximate surface area is 156 Å². The van der Waals surface area contributed by atoms with Crippen LogP contribution in [0.5, 0.6) is 5.75 Å². The van der Waals surface area contributed by atoms with E-state index in [1.54, 1.807) is 0 Å². The SMILES string of the molecule is Cc1ccc(O)c(C(F)(F)F)c1-n1c(N)c(C(N)=O)c2cc(C#N)c(C)nc21. The van der Waals surface area contributed by atoms with Gasteiger partial charge in [-0.3, -0.25) is 9.36 Å². The molecule has 3 rings (SSSR count). The van der Waals surface area contributed by atoms with Gasteiger partial charge in [0.15, 0.2) is 0 Å². The first-order valence-electron chi connectivity index (χ1n) is 7.90. The molecule has 0 spiro atoms. The summed E-state index contributed by atoms with van der Waals surface area (Å²) in [6.07, 6.45) is -4.91. The lowest BCUT2D eigenvalue weighted by Gasteiger charge is -2.19. The zero-order chi connectivity index (χ0) is 21.0. The third-order valence-electron chi connectivity index (χ3n) is 4.40. The Morgan fingerprint density at radius 2 is 1.96 bits per heavy atom. The van der Waals surface area contributed by atoms with Crippen LogP contribution < -0.4 is 11.5 Å². The molecule has 0 bridgehead atoms. The van der Waals surface area contributed by atoms with Gasteiger partial charge in [0.1, 0.15) is 28.8 Å². The zero-order valence-corrected chi connectivity index (χ0v) is 14.7. The van der Waals surface area contributed by atoms with E-state index in [-0.39, 0.29) is 39.2 Å². The number of primary amides is 1. The minimum Gasteiger partial charge on any atom is -0.507 e. The second kappa shape index (κ2) is 6.16. The van der Waals surface area contributed by atoms with Gasteiger partial charge in [-0.15, -0.1) is 0 Å². The monoisotopic (exact) mass is 389 g/mol. The third kappa shape index (κ3) is 2.68. The van der Waals surface area contributed by atoms with Crippen LogP contribution in [0.15, 0.2) is 18.2 Å². The number of rotatable bonds is 2. The second-order valence-corrected chi connectivity index (χ2v) is 6.19. The molecule has 1 amide bonds. The normalized spacial score (nSPS) is 11.6. The number of alkyl halides is 3. The molecular weight excluding hydrogens is 375 g/mol. The van der Waals surface area contributed by atoms with Crippen molar-refractivity contribution in [2.45, 2.75) is 20.0 Å². The molecule has 3 aromatic rings. The number of benzene rings is 1. The standard InChI is InChI=1S/C18H14F3N5O2/c1-7-3-4-11(27)13(18(19,20)21)14(7)26-15(23)12(16(24)28)10-5-9(6-22)8(2)25-17(10)26/h3-5,27H,23H2,1-2H3,(H2,24,28). The van der Waals surface area contributed by atoms with E-state index in [1.807, 2.05) is 6.07 Å². The third-order valence-corrected chi connectivity index (χ3v) is 4.40. The number of nitrogen functional groups attached to an aromatic ring is 1. The minimum atomic E-state index is -4.91. The minimum absolute atomic E-state index is 0.0445. The summed E-state index contributed by atoms with van der Waals surface area (Å²) >= 11 is 0. The van der Waals surface area contributed by atoms with Gasteiger partial charge < -0.3 is 16.6 Å². The highest BCUT2D eigenvalue weighted by Gasteiger charge is 2.39. The summed E-state index contributed by atoms with van der Waals surface area (Å²) in [5.74, 6) is -2.36. The van der Waals surface area contributed by atoms with Gasteiger partial charge in [-0.1, -0.05) is 6.07 Å². The van der Waals surface area contributed by atoms with Crippen LogP contribution in [0, 0.1) is 25.2 Å². The summed E-state index contributed by atoms with van der Waals surface area (Å²) in [5, 5.41) is 19.1. The van der Waals surface area contributed by atoms with Crippen LogP contribution in [0.25, 0.3) is 16.7 Å². The Morgan fingerprint density at radius 3 is 2.50 bits per heavy atom. The lowest BCUT2D eigenvalue weighted by Crippen LogP contribution is -2.16. The second-order valence-electron chi connectivity index (χ2n) is 6.19. The van der Waals surface area contributed by atoms with E-state index in [9.17, 15) is 28.3 Å². The number of anilines is 1. The van der Waals surface area contributed by atoms with E-state index < -0.39 is 29.1 Å². The number of fused-ring (bicyclic) bond motifs is 1. The van der Waals surface area contributed by atoms with Crippen molar-refractivity contribution >= 4 is 22.8 Å². The van der Waals surface area contributed by atoms with Crippen LogP contribution >= 0.6 is 0 Å². The van der Waals surface area contributed by atoms with E-state index >= 15 is 0 Å². The Hall–Kier alpha value is -3.74. The maximum absolute atomic E-state index is 13.7. The molecule has 0 saturated carbocycles. The lowest BCUT2D eigenvalue weighted by atomic mass is 10.1. The van der Waals surface area contributed by atoms with Crippen molar-refractivity contribution in [1.82, 2.24) is 9.55 Å². The first-order valence-corrected chi connectivity index (χ1v) is 7.90. The summed E-state index contributed by atoms with van der Waals surface area (Å²) in [4.78, 5) is 16.1. The molecule has 5 N–H and O–H groups in total. The van der Waals surface area contributed by atoms with Crippen LogP contribution in [-0.2, 0) is 6.18 Å². The van der Waals surface area contributed by atoms with Crippen LogP contribution in [0.3, 0.4) is 0 Å². The highest BCUT2D eigenvalue weighted by atomic mass is 19.4. The number of carbonyl (C=O) groups is 1. The van der Waals surface area contributed by atoms with Crippen molar-refractivity contribution < 1.29 is 23.1 Å². The number of phenolic OH excluding ortho intramolecular Hbond substituents is 1. The average molecular weight is 389 g/mol. The summed E-state index contributed by atoms with van der Waals surface area (Å²) in [7, 11) is 0. The van der Waals surface area contributed by atoms with E-state index in [0.717, 1.165) is 10.6 Å². The number of nitrogens with zero attached hydrogens (tertiary/aromatic N) is 3. The molecule has 0 radical (unpaired) electrons. The highest BCUT2D eigenvalue weighted by molar-refractivity contribution is 6.11. The average Bonchev–Trinajstić information content (AvgIpc) is 2.85. The van der Waals surface area contributed by atoms with E-state index in [4.69, 9.17) is 11.5 Å². The maximum atomic E-state index is 13.7. The number of aromatic hydroxyl groups is 1. The van der Waals surface area contributed by atoms with Gasteiger partial charge in [0, 0.05) is 5.39 Å². The largest absolute Gasteiger partial charge is 0.507 e. The quantitative estimate of drug-likeness (QED) is 0.620. The Kier molecular flexibility index (Phi) is 4.19. The summed E-state index contributed by atoms with van der Waals surface area (Å²) < 4.78 is 42.0. The number of phenols is 1. The molecule has 0 fully saturated rings. The number of pyridine rings is 1. The van der Waals surface area contributed by atoms with Crippen LogP contribution in [0.2, 0.25) is 0 Å². The molecule has 2 heterocycles. The molecule has 0 unspecified atom stereocenters. The number of carbonyl (C=O) groups excluding carboxylic acids is 1. The Balaban J connectivity index is 2.60. The van der Waals surface area contributed by atoms with E-state index in [1.165, 1.54) is 26.0 Å². The fourth-order valence-electron chi connectivity index (χ4n) is 3.16. The molecule has 0 atom stereocenters. The van der Waals surface area contributed by atoms with Gasteiger partial charge in [-0.05, 0) is 31.5 Å². The number of hydrogen-bond donors (Lipinski definition) is 3. The molecule has 0 aliphatic carbocycles. The highest BCUT2D eigenvalue weighted by Crippen LogP contribution is 2.44. The molecule has 144 valence electrons. The zero-order valence-electron chi connectivity index (χ0n) is 14.7. The Morgan fingerprint density at radius 1 is 1.32 bits per heavy atom. The Bertz CT molecular complexity index is 1190. The van der Waals surface area contributed by atoms with Crippen LogP contribution in [0.1, 0.15) is 32.7 Å². The fraction of sp³-hybridized carbons (Fsp3) is 0.167. The number of nitriles is 1. The van der Waals surface area contributed by atoms with Gasteiger partial charge in [-0.25, -0.2) is 4.98 Å². The summed E-state index contributed by atoms with van der Waals surface area (Å²) in [6.45, 7) is 2.89. The fourth-order valence-corrected chi connectivity index (χ4v) is 3.16. The first kappa shape index (κ1) is 19.0. The number of hydrogen-bond acceptors (Lipinski definition) is 5. The molecule has 0 saturated heterocycles. The smallest absolute Gasteiger partial charge is 0.421 e. The number of aryl methyl sites for hydroxylation is 2. The van der Waals surface area contributed by atoms with Crippen molar-refractivity contribution in [1.29, 1.82) is 5.26 Å². The van der Waals surface area contributed by atoms with Crippen LogP contribution in [-0.4, -0.2) is 20.6 Å². The molecule has 0 aliphatic rings. The molecule has 7 nitrogen and oxygen atoms in total. The molecule has 1 aromatic carbocycles. The van der Waals surface area contributed by atoms with Gasteiger partial charge in [0.05, 0.1) is 22.5 Å². The summed E-state index contributed by atoms with van der Waals surface area (Å²) in [6, 6.07) is 5.40. The van der Waals surface area contributed by atoms with E-state index in [2.05, 4.69) is 4.98 Å². The number of aromatic nitrogens is 2. The van der Waals surface area contributed by atoms with E-state index in [0.29, 0.717) is 0 Å². The lowest BCUT2D eigenvalue weighted by molar-refractivity contribution is -0.138. The molecule has 2 aromatic heterocycles. The molecule has 0 aliphatic heterocycles. The summed E-state index contributed by atoms with van der Waals surface area (Å²) in [5.41, 5.74) is 9.75. The van der Waals surface area contributed by atoms with Crippen molar-refractivity contribution in [3.05, 3.63) is 46.1 Å². The number of nitrogens with two attached hydrogens (primary N) is 2. The maximum Gasteiger partial charge on any atom is 0.421 e. The first-order chi connectivity index (χ1) is 13.0. The van der Waals surface area contributed by atoms with Gasteiger partial charge in [0.2, 0.25) is 0 Å². The van der Waals surface area contributed by atoms with Crippen molar-refractivity contribution in [2.75, 3.05) is 5.73 Å². The number of halogens is 3.